The zero-order chi connectivity index (χ0) is 16.9. The molecule has 0 saturated carbocycles. The number of hydrogen-bond acceptors (Lipinski definition) is 5. The Balaban J connectivity index is 1.81. The number of ether oxygens (including phenoxy) is 1. The molecule has 124 valence electrons. The Hall–Kier alpha value is -1.97. The van der Waals surface area contributed by atoms with Gasteiger partial charge in [0.1, 0.15) is 15.8 Å². The Morgan fingerprint density at radius 3 is 2.57 bits per heavy atom. The number of hydrogen-bond donors (Lipinski definition) is 2. The molecule has 0 bridgehead atoms. The van der Waals surface area contributed by atoms with E-state index in [2.05, 4.69) is 10.0 Å². The summed E-state index contributed by atoms with van der Waals surface area (Å²) in [5, 5.41) is 2.62. The molecule has 6 nitrogen and oxygen atoms in total. The molecule has 1 aromatic heterocycles. The van der Waals surface area contributed by atoms with Crippen LogP contribution in [0, 0.1) is 5.82 Å². The van der Waals surface area contributed by atoms with E-state index in [4.69, 9.17) is 4.74 Å². The van der Waals surface area contributed by atoms with Crippen molar-refractivity contribution < 1.29 is 22.3 Å². The van der Waals surface area contributed by atoms with Gasteiger partial charge in [0, 0.05) is 4.88 Å². The van der Waals surface area contributed by atoms with Gasteiger partial charge in [-0.2, -0.15) is 0 Å². The molecule has 0 radical (unpaired) electrons. The molecule has 0 unspecified atom stereocenters. The number of sulfonamides is 1. The van der Waals surface area contributed by atoms with Gasteiger partial charge < -0.3 is 10.1 Å². The molecule has 2 rings (SSSR count). The fraction of sp³-hybridized carbons (Fsp3) is 0.214. The Labute approximate surface area is 137 Å². The standard InChI is InChI=1S/C14H15FN2O4S2/c1-16-23(19,20)14-7-6-12(22-14)8-17-13(18)9-21-11-4-2-10(15)3-5-11/h2-7,16H,8-9H2,1H3,(H,17,18). The van der Waals surface area contributed by atoms with E-state index >= 15 is 0 Å². The SMILES string of the molecule is CNS(=O)(=O)c1ccc(CNC(=O)COc2ccc(F)cc2)s1. The first-order valence-electron chi connectivity index (χ1n) is 6.58. The van der Waals surface area contributed by atoms with Crippen molar-refractivity contribution in [1.82, 2.24) is 10.0 Å². The van der Waals surface area contributed by atoms with Crippen LogP contribution in [0.1, 0.15) is 4.88 Å². The van der Waals surface area contributed by atoms with E-state index in [0.29, 0.717) is 10.6 Å². The van der Waals surface area contributed by atoms with Crippen LogP contribution < -0.4 is 14.8 Å². The molecule has 2 aromatic rings. The molecule has 0 saturated heterocycles. The van der Waals surface area contributed by atoms with E-state index in [9.17, 15) is 17.6 Å². The minimum Gasteiger partial charge on any atom is -0.484 e. The zero-order valence-electron chi connectivity index (χ0n) is 12.2. The van der Waals surface area contributed by atoms with Crippen LogP contribution in [0.2, 0.25) is 0 Å². The summed E-state index contributed by atoms with van der Waals surface area (Å²) in [4.78, 5) is 12.4. The second-order valence-corrected chi connectivity index (χ2v) is 7.73. The normalized spacial score (nSPS) is 11.2. The minimum absolute atomic E-state index is 0.187. The Morgan fingerprint density at radius 1 is 1.22 bits per heavy atom. The van der Waals surface area contributed by atoms with Crippen LogP contribution in [0.4, 0.5) is 4.39 Å². The lowest BCUT2D eigenvalue weighted by Crippen LogP contribution is -2.28. The molecule has 0 fully saturated rings. The third kappa shape index (κ3) is 5.02. The van der Waals surface area contributed by atoms with Crippen molar-refractivity contribution in [3.63, 3.8) is 0 Å². The van der Waals surface area contributed by atoms with Gasteiger partial charge in [-0.15, -0.1) is 11.3 Å². The van der Waals surface area contributed by atoms with Crippen molar-refractivity contribution in [3.8, 4) is 5.75 Å². The Morgan fingerprint density at radius 2 is 1.91 bits per heavy atom. The highest BCUT2D eigenvalue weighted by Gasteiger charge is 2.14. The van der Waals surface area contributed by atoms with Gasteiger partial charge in [-0.25, -0.2) is 17.5 Å². The van der Waals surface area contributed by atoms with Crippen LogP contribution in [-0.4, -0.2) is 28.0 Å². The molecule has 23 heavy (non-hydrogen) atoms. The number of rotatable bonds is 7. The molecule has 2 N–H and O–H groups in total. The van der Waals surface area contributed by atoms with Crippen molar-refractivity contribution in [1.29, 1.82) is 0 Å². The quantitative estimate of drug-likeness (QED) is 0.785. The monoisotopic (exact) mass is 358 g/mol. The van der Waals surface area contributed by atoms with E-state index in [1.807, 2.05) is 0 Å². The molecular weight excluding hydrogens is 343 g/mol. The highest BCUT2D eigenvalue weighted by atomic mass is 32.2. The van der Waals surface area contributed by atoms with Gasteiger partial charge in [-0.3, -0.25) is 4.79 Å². The van der Waals surface area contributed by atoms with Crippen LogP contribution in [0.25, 0.3) is 0 Å². The van der Waals surface area contributed by atoms with Crippen LogP contribution in [0.3, 0.4) is 0 Å². The van der Waals surface area contributed by atoms with Crippen molar-refractivity contribution in [2.75, 3.05) is 13.7 Å². The summed E-state index contributed by atoms with van der Waals surface area (Å²) >= 11 is 1.07. The first-order valence-corrected chi connectivity index (χ1v) is 8.88. The summed E-state index contributed by atoms with van der Waals surface area (Å²) in [6.07, 6.45) is 0. The molecule has 0 atom stereocenters. The molecule has 0 aliphatic heterocycles. The number of nitrogens with one attached hydrogen (secondary N) is 2. The summed E-state index contributed by atoms with van der Waals surface area (Å²) in [7, 11) is -2.13. The molecule has 1 amide bonds. The molecular formula is C14H15FN2O4S2. The molecule has 1 aromatic carbocycles. The number of halogens is 1. The number of carbonyl (C=O) groups excluding carboxylic acids is 1. The maximum Gasteiger partial charge on any atom is 0.258 e. The highest BCUT2D eigenvalue weighted by molar-refractivity contribution is 7.91. The molecule has 0 aliphatic rings. The van der Waals surface area contributed by atoms with Crippen molar-refractivity contribution >= 4 is 27.3 Å². The second kappa shape index (κ2) is 7.53. The first-order chi connectivity index (χ1) is 10.9. The summed E-state index contributed by atoms with van der Waals surface area (Å²) in [6.45, 7) is -0.00576. The minimum atomic E-state index is -3.47. The van der Waals surface area contributed by atoms with Gasteiger partial charge in [0.25, 0.3) is 5.91 Å². The fourth-order valence-electron chi connectivity index (χ4n) is 1.61. The molecule has 1 heterocycles. The predicted molar refractivity (Wildman–Crippen MR) is 84.3 cm³/mol. The van der Waals surface area contributed by atoms with E-state index in [1.165, 1.54) is 37.4 Å². The lowest BCUT2D eigenvalue weighted by atomic mass is 10.3. The van der Waals surface area contributed by atoms with E-state index in [0.717, 1.165) is 11.3 Å². The highest BCUT2D eigenvalue weighted by Crippen LogP contribution is 2.21. The average molecular weight is 358 g/mol. The van der Waals surface area contributed by atoms with Crippen LogP contribution in [-0.2, 0) is 21.4 Å². The van der Waals surface area contributed by atoms with Gasteiger partial charge in [-0.1, -0.05) is 0 Å². The summed E-state index contributed by atoms with van der Waals surface area (Å²) < 4.78 is 43.5. The molecule has 0 spiro atoms. The first kappa shape index (κ1) is 17.4. The van der Waals surface area contributed by atoms with Crippen LogP contribution in [0.15, 0.2) is 40.6 Å². The Bertz CT molecular complexity index is 772. The van der Waals surface area contributed by atoms with Crippen molar-refractivity contribution in [2.45, 2.75) is 10.8 Å². The average Bonchev–Trinajstić information content (AvgIpc) is 3.02. The van der Waals surface area contributed by atoms with Crippen LogP contribution >= 0.6 is 11.3 Å². The molecule has 0 aliphatic carbocycles. The fourth-order valence-corrected chi connectivity index (χ4v) is 3.75. The topological polar surface area (TPSA) is 84.5 Å². The van der Waals surface area contributed by atoms with E-state index in [-0.39, 0.29) is 29.1 Å². The summed E-state index contributed by atoms with van der Waals surface area (Å²) in [5.74, 6) is -0.354. The van der Waals surface area contributed by atoms with Crippen LogP contribution in [0.5, 0.6) is 5.75 Å². The van der Waals surface area contributed by atoms with E-state index < -0.39 is 10.0 Å². The van der Waals surface area contributed by atoms with Gasteiger partial charge >= 0.3 is 0 Å². The van der Waals surface area contributed by atoms with E-state index in [1.54, 1.807) is 6.07 Å². The number of amides is 1. The second-order valence-electron chi connectivity index (χ2n) is 4.45. The Kier molecular flexibility index (Phi) is 5.69. The third-order valence-electron chi connectivity index (χ3n) is 2.81. The van der Waals surface area contributed by atoms with Gasteiger partial charge in [0.15, 0.2) is 6.61 Å². The summed E-state index contributed by atoms with van der Waals surface area (Å²) in [5.41, 5.74) is 0. The maximum atomic E-state index is 12.7. The van der Waals surface area contributed by atoms with Gasteiger partial charge in [0.05, 0.1) is 6.54 Å². The lowest BCUT2D eigenvalue weighted by molar-refractivity contribution is -0.123. The van der Waals surface area contributed by atoms with Gasteiger partial charge in [-0.05, 0) is 43.4 Å². The third-order valence-corrected chi connectivity index (χ3v) is 5.81. The number of thiophene rings is 1. The zero-order valence-corrected chi connectivity index (χ0v) is 13.8. The van der Waals surface area contributed by atoms with Crippen molar-refractivity contribution in [3.05, 3.63) is 47.1 Å². The van der Waals surface area contributed by atoms with Gasteiger partial charge in [0.2, 0.25) is 10.0 Å². The summed E-state index contributed by atoms with van der Waals surface area (Å²) in [6, 6.07) is 8.45. The number of benzene rings is 1. The lowest BCUT2D eigenvalue weighted by Gasteiger charge is -2.06. The smallest absolute Gasteiger partial charge is 0.258 e. The molecule has 9 heteroatoms. The maximum absolute atomic E-state index is 12.7. The van der Waals surface area contributed by atoms with Crippen molar-refractivity contribution in [2.24, 2.45) is 0 Å². The number of carbonyl (C=O) groups is 1. The predicted octanol–water partition coefficient (Wildman–Crippen LogP) is 1.49. The largest absolute Gasteiger partial charge is 0.484 e.